The molecule has 158 valence electrons. The first-order valence-electron chi connectivity index (χ1n) is 10.1. The summed E-state index contributed by atoms with van der Waals surface area (Å²) in [6, 6.07) is 8.71. The van der Waals surface area contributed by atoms with Gasteiger partial charge in [-0.2, -0.15) is 0 Å². The normalized spacial score (nSPS) is 19.1. The highest BCUT2D eigenvalue weighted by molar-refractivity contribution is 7.12. The Kier molecular flexibility index (Phi) is 6.27. The number of anilines is 1. The smallest absolute Gasteiger partial charge is 0.329 e. The van der Waals surface area contributed by atoms with Crippen LogP contribution in [0.1, 0.15) is 22.5 Å². The molecule has 2 aliphatic rings. The predicted molar refractivity (Wildman–Crippen MR) is 112 cm³/mol. The Balaban J connectivity index is 1.26. The second-order valence-corrected chi connectivity index (χ2v) is 8.25. The highest BCUT2D eigenvalue weighted by atomic mass is 32.1. The van der Waals surface area contributed by atoms with E-state index in [-0.39, 0.29) is 18.4 Å². The second kappa shape index (κ2) is 9.25. The topological polar surface area (TPSA) is 83.1 Å². The fourth-order valence-corrected chi connectivity index (χ4v) is 4.52. The molecular formula is C21H24N4O4S. The molecule has 0 aliphatic carbocycles. The van der Waals surface area contributed by atoms with Crippen LogP contribution in [-0.2, 0) is 14.3 Å². The SMILES string of the molecule is O=C(OCC(=O)N1CCN(c2ccccn2)CC1)[C@@H]1CCCN1C(=O)c1cccs1. The average molecular weight is 429 g/mol. The fourth-order valence-electron chi connectivity index (χ4n) is 3.84. The van der Waals surface area contributed by atoms with Gasteiger partial charge in [-0.1, -0.05) is 12.1 Å². The van der Waals surface area contributed by atoms with Crippen LogP contribution in [0.2, 0.25) is 0 Å². The lowest BCUT2D eigenvalue weighted by Crippen LogP contribution is -2.50. The number of amides is 2. The number of carbonyl (C=O) groups excluding carboxylic acids is 3. The van der Waals surface area contributed by atoms with Crippen molar-refractivity contribution in [2.45, 2.75) is 18.9 Å². The number of esters is 1. The first-order valence-corrected chi connectivity index (χ1v) is 11.0. The Morgan fingerprint density at radius 1 is 1.07 bits per heavy atom. The molecule has 0 aromatic carbocycles. The number of ether oxygens (including phenoxy) is 1. The van der Waals surface area contributed by atoms with Crippen molar-refractivity contribution in [2.24, 2.45) is 0 Å². The Morgan fingerprint density at radius 2 is 1.90 bits per heavy atom. The van der Waals surface area contributed by atoms with Crippen LogP contribution in [-0.4, -0.2) is 77.9 Å². The lowest BCUT2D eigenvalue weighted by Gasteiger charge is -2.35. The number of likely N-dealkylation sites (tertiary alicyclic amines) is 1. The molecule has 9 heteroatoms. The van der Waals surface area contributed by atoms with E-state index in [2.05, 4.69) is 9.88 Å². The molecule has 2 aromatic heterocycles. The van der Waals surface area contributed by atoms with Crippen molar-refractivity contribution < 1.29 is 19.1 Å². The van der Waals surface area contributed by atoms with Gasteiger partial charge in [0.2, 0.25) is 0 Å². The second-order valence-electron chi connectivity index (χ2n) is 7.30. The summed E-state index contributed by atoms with van der Waals surface area (Å²) >= 11 is 1.35. The van der Waals surface area contributed by atoms with E-state index in [0.29, 0.717) is 44.0 Å². The summed E-state index contributed by atoms with van der Waals surface area (Å²) in [5.74, 6) is 0.0326. The summed E-state index contributed by atoms with van der Waals surface area (Å²) in [6.07, 6.45) is 3.06. The van der Waals surface area contributed by atoms with Gasteiger partial charge in [-0.05, 0) is 36.4 Å². The molecule has 0 bridgehead atoms. The maximum atomic E-state index is 12.6. The molecule has 0 N–H and O–H groups in total. The van der Waals surface area contributed by atoms with Crippen molar-refractivity contribution in [3.05, 3.63) is 46.8 Å². The predicted octanol–water partition coefficient (Wildman–Crippen LogP) is 1.64. The van der Waals surface area contributed by atoms with Crippen LogP contribution < -0.4 is 4.90 Å². The molecule has 0 spiro atoms. The quantitative estimate of drug-likeness (QED) is 0.674. The number of nitrogens with zero attached hydrogens (tertiary/aromatic N) is 4. The molecule has 4 heterocycles. The van der Waals surface area contributed by atoms with Crippen LogP contribution in [0.15, 0.2) is 41.9 Å². The molecule has 2 aliphatic heterocycles. The average Bonchev–Trinajstić information content (AvgIpc) is 3.50. The monoisotopic (exact) mass is 428 g/mol. The molecule has 2 aromatic rings. The number of hydrogen-bond donors (Lipinski definition) is 0. The molecule has 4 rings (SSSR count). The third kappa shape index (κ3) is 4.46. The summed E-state index contributed by atoms with van der Waals surface area (Å²) in [6.45, 7) is 2.71. The molecule has 1 atom stereocenters. The standard InChI is InChI=1S/C21H24N4O4S/c26-19(24-12-10-23(11-13-24)18-7-1-2-8-22-18)15-29-21(28)16-5-3-9-25(16)20(27)17-6-4-14-30-17/h1-2,4,6-8,14,16H,3,5,9-13,15H2/t16-/m0/s1. The van der Waals surface area contributed by atoms with Gasteiger partial charge in [-0.25, -0.2) is 9.78 Å². The van der Waals surface area contributed by atoms with Crippen LogP contribution in [0.5, 0.6) is 0 Å². The lowest BCUT2D eigenvalue weighted by atomic mass is 10.2. The zero-order chi connectivity index (χ0) is 20.9. The van der Waals surface area contributed by atoms with Crippen LogP contribution in [0.4, 0.5) is 5.82 Å². The largest absolute Gasteiger partial charge is 0.454 e. The van der Waals surface area contributed by atoms with E-state index in [4.69, 9.17) is 4.74 Å². The molecular weight excluding hydrogens is 404 g/mol. The van der Waals surface area contributed by atoms with Gasteiger partial charge < -0.3 is 19.4 Å². The molecule has 0 radical (unpaired) electrons. The van der Waals surface area contributed by atoms with E-state index in [9.17, 15) is 14.4 Å². The Labute approximate surface area is 179 Å². The molecule has 0 unspecified atom stereocenters. The Hall–Kier alpha value is -2.94. The number of thiophene rings is 1. The van der Waals surface area contributed by atoms with Gasteiger partial charge in [0.25, 0.3) is 11.8 Å². The van der Waals surface area contributed by atoms with Gasteiger partial charge in [0.05, 0.1) is 4.88 Å². The third-order valence-corrected chi connectivity index (χ3v) is 6.32. The number of carbonyl (C=O) groups is 3. The van der Waals surface area contributed by atoms with E-state index in [1.807, 2.05) is 29.6 Å². The molecule has 2 saturated heterocycles. The number of hydrogen-bond acceptors (Lipinski definition) is 7. The minimum atomic E-state index is -0.617. The van der Waals surface area contributed by atoms with E-state index in [1.165, 1.54) is 11.3 Å². The fraction of sp³-hybridized carbons (Fsp3) is 0.429. The van der Waals surface area contributed by atoms with Crippen LogP contribution in [0, 0.1) is 0 Å². The Morgan fingerprint density at radius 3 is 2.60 bits per heavy atom. The number of piperazine rings is 1. The van der Waals surface area contributed by atoms with Crippen molar-refractivity contribution in [2.75, 3.05) is 44.2 Å². The number of aromatic nitrogens is 1. The highest BCUT2D eigenvalue weighted by Crippen LogP contribution is 2.23. The van der Waals surface area contributed by atoms with Crippen molar-refractivity contribution >= 4 is 34.9 Å². The molecule has 0 saturated carbocycles. The summed E-state index contributed by atoms with van der Waals surface area (Å²) in [4.78, 5) is 48.0. The first-order chi connectivity index (χ1) is 14.6. The van der Waals surface area contributed by atoms with Crippen molar-refractivity contribution in [1.82, 2.24) is 14.8 Å². The minimum Gasteiger partial charge on any atom is -0.454 e. The minimum absolute atomic E-state index is 0.151. The number of rotatable bonds is 5. The van der Waals surface area contributed by atoms with E-state index >= 15 is 0 Å². The molecule has 8 nitrogen and oxygen atoms in total. The zero-order valence-corrected chi connectivity index (χ0v) is 17.4. The van der Waals surface area contributed by atoms with E-state index in [1.54, 1.807) is 22.1 Å². The van der Waals surface area contributed by atoms with Gasteiger partial charge >= 0.3 is 5.97 Å². The van der Waals surface area contributed by atoms with Gasteiger partial charge in [-0.3, -0.25) is 9.59 Å². The van der Waals surface area contributed by atoms with Crippen molar-refractivity contribution in [1.29, 1.82) is 0 Å². The van der Waals surface area contributed by atoms with E-state index in [0.717, 1.165) is 12.2 Å². The van der Waals surface area contributed by atoms with Crippen LogP contribution in [0.25, 0.3) is 0 Å². The maximum absolute atomic E-state index is 12.6. The van der Waals surface area contributed by atoms with Gasteiger partial charge in [0, 0.05) is 38.9 Å². The van der Waals surface area contributed by atoms with Gasteiger partial charge in [-0.15, -0.1) is 11.3 Å². The summed E-state index contributed by atoms with van der Waals surface area (Å²) < 4.78 is 5.30. The van der Waals surface area contributed by atoms with Crippen LogP contribution >= 0.6 is 11.3 Å². The summed E-state index contributed by atoms with van der Waals surface area (Å²) in [5, 5.41) is 1.84. The van der Waals surface area contributed by atoms with E-state index < -0.39 is 12.0 Å². The van der Waals surface area contributed by atoms with Crippen molar-refractivity contribution in [3.8, 4) is 0 Å². The number of pyridine rings is 1. The van der Waals surface area contributed by atoms with Gasteiger partial charge in [0.1, 0.15) is 11.9 Å². The molecule has 2 amide bonds. The highest BCUT2D eigenvalue weighted by Gasteiger charge is 2.36. The Bertz CT molecular complexity index is 882. The van der Waals surface area contributed by atoms with Crippen LogP contribution in [0.3, 0.4) is 0 Å². The zero-order valence-electron chi connectivity index (χ0n) is 16.6. The molecule has 2 fully saturated rings. The lowest BCUT2D eigenvalue weighted by molar-refractivity contribution is -0.155. The summed E-state index contributed by atoms with van der Waals surface area (Å²) in [5.41, 5.74) is 0. The molecule has 30 heavy (non-hydrogen) atoms. The third-order valence-electron chi connectivity index (χ3n) is 5.46. The van der Waals surface area contributed by atoms with Gasteiger partial charge in [0.15, 0.2) is 6.61 Å². The summed E-state index contributed by atoms with van der Waals surface area (Å²) in [7, 11) is 0. The maximum Gasteiger partial charge on any atom is 0.329 e. The van der Waals surface area contributed by atoms with Crippen molar-refractivity contribution in [3.63, 3.8) is 0 Å². The first kappa shape index (κ1) is 20.3.